The Morgan fingerprint density at radius 1 is 1.09 bits per heavy atom. The third kappa shape index (κ3) is 5.86. The lowest BCUT2D eigenvalue weighted by Crippen LogP contribution is -2.60. The summed E-state index contributed by atoms with van der Waals surface area (Å²) in [7, 11) is -10.1. The van der Waals surface area contributed by atoms with Gasteiger partial charge in [0.1, 0.15) is 12.2 Å². The summed E-state index contributed by atoms with van der Waals surface area (Å²) < 4.78 is 79.5. The Bertz CT molecular complexity index is 583. The molecule has 0 amide bonds. The van der Waals surface area contributed by atoms with Gasteiger partial charge >= 0.3 is 20.8 Å². The van der Waals surface area contributed by atoms with Crippen LogP contribution in [0.2, 0.25) is 0 Å². The molecule has 130 valence electrons. The first-order valence-electron chi connectivity index (χ1n) is 5.82. The van der Waals surface area contributed by atoms with Crippen molar-refractivity contribution in [3.8, 4) is 0 Å². The fraction of sp³-hybridized carbons (Fsp3) is 0.778. The Hall–Kier alpha value is -0.640. The molecule has 0 saturated carbocycles. The van der Waals surface area contributed by atoms with E-state index < -0.39 is 51.5 Å². The van der Waals surface area contributed by atoms with Gasteiger partial charge in [-0.3, -0.25) is 9.11 Å². The maximum Gasteiger partial charge on any atom is 0.397 e. The lowest BCUT2D eigenvalue weighted by Gasteiger charge is -2.41. The van der Waals surface area contributed by atoms with Crippen molar-refractivity contribution in [2.24, 2.45) is 0 Å². The Morgan fingerprint density at radius 3 is 2.05 bits per heavy atom. The second-order valence-corrected chi connectivity index (χ2v) is 6.39. The van der Waals surface area contributed by atoms with Crippen LogP contribution >= 0.6 is 0 Å². The number of rotatable bonds is 7. The molecule has 3 N–H and O–H groups in total. The standard InChI is InChI=1S/C9H16O11S2/c1-3-4-17-6-5(2)18-9(10)8(20-22(14,15)16)7(6)19-21(11,12)13/h3,5-10H,1,4H2,2H3,(H,11,12,13)(H,14,15,16)/t5-,6+,7+,8+,9+/m0/s1. The van der Waals surface area contributed by atoms with Crippen LogP contribution < -0.4 is 0 Å². The molecule has 1 heterocycles. The first-order valence-corrected chi connectivity index (χ1v) is 8.55. The molecule has 1 rings (SSSR count). The van der Waals surface area contributed by atoms with Crippen LogP contribution in [0.4, 0.5) is 0 Å². The van der Waals surface area contributed by atoms with Gasteiger partial charge in [0.05, 0.1) is 12.7 Å². The molecule has 13 heteroatoms. The molecule has 5 atom stereocenters. The van der Waals surface area contributed by atoms with Gasteiger partial charge in [0.15, 0.2) is 12.4 Å². The van der Waals surface area contributed by atoms with Crippen LogP contribution in [0.3, 0.4) is 0 Å². The van der Waals surface area contributed by atoms with Crippen molar-refractivity contribution >= 4 is 20.8 Å². The molecule has 0 aromatic carbocycles. The second kappa shape index (κ2) is 7.29. The van der Waals surface area contributed by atoms with E-state index in [0.29, 0.717) is 0 Å². The van der Waals surface area contributed by atoms with Crippen molar-refractivity contribution in [2.75, 3.05) is 6.61 Å². The largest absolute Gasteiger partial charge is 0.397 e. The molecule has 1 aliphatic heterocycles. The zero-order chi connectivity index (χ0) is 17.1. The minimum absolute atomic E-state index is 0.0988. The molecular weight excluding hydrogens is 348 g/mol. The number of ether oxygens (including phenoxy) is 2. The van der Waals surface area contributed by atoms with Gasteiger partial charge in [-0.2, -0.15) is 16.8 Å². The van der Waals surface area contributed by atoms with E-state index in [0.717, 1.165) is 0 Å². The summed E-state index contributed by atoms with van der Waals surface area (Å²) in [5.41, 5.74) is 0. The van der Waals surface area contributed by atoms with Gasteiger partial charge in [-0.15, -0.1) is 6.58 Å². The molecule has 0 aromatic heterocycles. The molecule has 0 spiro atoms. The van der Waals surface area contributed by atoms with E-state index in [9.17, 15) is 21.9 Å². The van der Waals surface area contributed by atoms with Gasteiger partial charge in [-0.05, 0) is 6.92 Å². The quantitative estimate of drug-likeness (QED) is 0.362. The summed E-state index contributed by atoms with van der Waals surface area (Å²) >= 11 is 0. The molecule has 0 aromatic rings. The Morgan fingerprint density at radius 2 is 1.59 bits per heavy atom. The molecule has 0 aliphatic carbocycles. The van der Waals surface area contributed by atoms with Crippen LogP contribution in [0, 0.1) is 0 Å². The zero-order valence-electron chi connectivity index (χ0n) is 11.3. The fourth-order valence-electron chi connectivity index (χ4n) is 1.89. The lowest BCUT2D eigenvalue weighted by atomic mass is 10.00. The summed E-state index contributed by atoms with van der Waals surface area (Å²) in [6.07, 6.45) is -6.68. The summed E-state index contributed by atoms with van der Waals surface area (Å²) in [6.45, 7) is 4.65. The van der Waals surface area contributed by atoms with Crippen molar-refractivity contribution < 1.29 is 48.9 Å². The highest BCUT2D eigenvalue weighted by Gasteiger charge is 2.49. The maximum atomic E-state index is 10.9. The third-order valence-corrected chi connectivity index (χ3v) is 3.55. The average Bonchev–Trinajstić information content (AvgIpc) is 2.30. The van der Waals surface area contributed by atoms with Gasteiger partial charge in [0.25, 0.3) is 0 Å². The van der Waals surface area contributed by atoms with E-state index >= 15 is 0 Å². The molecule has 0 bridgehead atoms. The van der Waals surface area contributed by atoms with E-state index in [1.807, 2.05) is 0 Å². The highest BCUT2D eigenvalue weighted by molar-refractivity contribution is 7.81. The van der Waals surface area contributed by atoms with Crippen LogP contribution in [-0.2, 0) is 38.6 Å². The van der Waals surface area contributed by atoms with E-state index in [2.05, 4.69) is 14.9 Å². The highest BCUT2D eigenvalue weighted by Crippen LogP contribution is 2.28. The van der Waals surface area contributed by atoms with Gasteiger partial charge in [-0.25, -0.2) is 8.37 Å². The Balaban J connectivity index is 3.15. The summed E-state index contributed by atoms with van der Waals surface area (Å²) in [5, 5.41) is 9.66. The minimum atomic E-state index is -5.08. The third-order valence-electron chi connectivity index (χ3n) is 2.62. The van der Waals surface area contributed by atoms with Crippen LogP contribution in [0.1, 0.15) is 6.92 Å². The van der Waals surface area contributed by atoms with E-state index in [4.69, 9.17) is 18.6 Å². The van der Waals surface area contributed by atoms with Crippen LogP contribution in [0.5, 0.6) is 0 Å². The topological polar surface area (TPSA) is 166 Å². The van der Waals surface area contributed by atoms with E-state index in [1.165, 1.54) is 13.0 Å². The summed E-state index contributed by atoms with van der Waals surface area (Å²) in [4.78, 5) is 0. The van der Waals surface area contributed by atoms with E-state index in [-0.39, 0.29) is 6.61 Å². The van der Waals surface area contributed by atoms with Gasteiger partial charge < -0.3 is 14.6 Å². The normalized spacial score (nSPS) is 33.5. The monoisotopic (exact) mass is 364 g/mol. The smallest absolute Gasteiger partial charge is 0.369 e. The van der Waals surface area contributed by atoms with Crippen LogP contribution in [0.15, 0.2) is 12.7 Å². The first kappa shape index (κ1) is 19.4. The SMILES string of the molecule is C=CCO[C@H]1[C@@H](OS(=O)(=O)O)[C@@H](OS(=O)(=O)O)[C@H](O)O[C@H]1C. The predicted octanol–water partition coefficient (Wildman–Crippen LogP) is -1.33. The maximum absolute atomic E-state index is 10.9. The predicted molar refractivity (Wildman–Crippen MR) is 69.3 cm³/mol. The van der Waals surface area contributed by atoms with Gasteiger partial charge in [0, 0.05) is 0 Å². The van der Waals surface area contributed by atoms with E-state index in [1.54, 1.807) is 0 Å². The molecule has 11 nitrogen and oxygen atoms in total. The zero-order valence-corrected chi connectivity index (χ0v) is 12.9. The molecular formula is C9H16O11S2. The molecule has 0 unspecified atom stereocenters. The molecule has 1 aliphatic rings. The number of aliphatic hydroxyl groups excluding tert-OH is 1. The number of aliphatic hydroxyl groups is 1. The Kier molecular flexibility index (Phi) is 6.43. The molecule has 22 heavy (non-hydrogen) atoms. The van der Waals surface area contributed by atoms with Crippen molar-refractivity contribution in [3.63, 3.8) is 0 Å². The van der Waals surface area contributed by atoms with Gasteiger partial charge in [0.2, 0.25) is 0 Å². The molecule has 1 fully saturated rings. The van der Waals surface area contributed by atoms with Crippen molar-refractivity contribution in [1.29, 1.82) is 0 Å². The van der Waals surface area contributed by atoms with Crippen LogP contribution in [-0.4, -0.2) is 68.4 Å². The number of hydrogen-bond donors (Lipinski definition) is 3. The van der Waals surface area contributed by atoms with Crippen molar-refractivity contribution in [3.05, 3.63) is 12.7 Å². The fourth-order valence-corrected chi connectivity index (χ4v) is 2.88. The lowest BCUT2D eigenvalue weighted by molar-refractivity contribution is -0.273. The first-order chi connectivity index (χ1) is 9.94. The van der Waals surface area contributed by atoms with Crippen LogP contribution in [0.25, 0.3) is 0 Å². The molecule has 1 saturated heterocycles. The van der Waals surface area contributed by atoms with Crippen molar-refractivity contribution in [1.82, 2.24) is 0 Å². The second-order valence-electron chi connectivity index (χ2n) is 4.30. The average molecular weight is 364 g/mol. The minimum Gasteiger partial charge on any atom is -0.369 e. The Labute approximate surface area is 127 Å². The number of hydrogen-bond acceptors (Lipinski definition) is 9. The summed E-state index contributed by atoms with van der Waals surface area (Å²) in [6, 6.07) is 0. The highest BCUT2D eigenvalue weighted by atomic mass is 32.3. The molecule has 0 radical (unpaired) electrons. The summed E-state index contributed by atoms with van der Waals surface area (Å²) in [5.74, 6) is 0. The van der Waals surface area contributed by atoms with Crippen molar-refractivity contribution in [2.45, 2.75) is 37.6 Å². The van der Waals surface area contributed by atoms with Gasteiger partial charge in [-0.1, -0.05) is 6.08 Å².